The summed E-state index contributed by atoms with van der Waals surface area (Å²) in [6.07, 6.45) is 1.60. The van der Waals surface area contributed by atoms with E-state index in [2.05, 4.69) is 15.6 Å². The molecule has 0 saturated carbocycles. The number of aryl methyl sites for hydroxylation is 1. The van der Waals surface area contributed by atoms with Gasteiger partial charge < -0.3 is 9.88 Å². The molecule has 0 saturated heterocycles. The highest BCUT2D eigenvalue weighted by molar-refractivity contribution is 5.95. The molecule has 2 N–H and O–H groups in total. The Morgan fingerprint density at radius 2 is 2.06 bits per heavy atom. The zero-order valence-corrected chi connectivity index (χ0v) is 9.87. The summed E-state index contributed by atoms with van der Waals surface area (Å²) in [5, 5.41) is 4.55. The van der Waals surface area contributed by atoms with Crippen LogP contribution in [0.5, 0.6) is 0 Å². The molecule has 1 aromatic rings. The Morgan fingerprint density at radius 1 is 1.44 bits per heavy atom. The summed E-state index contributed by atoms with van der Waals surface area (Å²) in [5.41, 5.74) is 1.79. The van der Waals surface area contributed by atoms with Crippen molar-refractivity contribution in [2.45, 2.75) is 26.8 Å². The first-order chi connectivity index (χ1) is 7.47. The number of hydrogen-bond donors (Lipinski definition) is 2. The van der Waals surface area contributed by atoms with Crippen LogP contribution in [0.15, 0.2) is 6.33 Å². The van der Waals surface area contributed by atoms with Crippen LogP contribution in [-0.4, -0.2) is 28.5 Å². The van der Waals surface area contributed by atoms with Crippen LogP contribution >= 0.6 is 0 Å². The van der Waals surface area contributed by atoms with Gasteiger partial charge in [0.25, 0.3) is 5.91 Å². The molecular weight excluding hydrogens is 208 g/mol. The lowest BCUT2D eigenvalue weighted by Crippen LogP contribution is -2.40. The molecule has 6 heteroatoms. The maximum absolute atomic E-state index is 11.7. The van der Waals surface area contributed by atoms with Crippen molar-refractivity contribution < 1.29 is 9.59 Å². The first-order valence-electron chi connectivity index (χ1n) is 5.00. The molecule has 1 rings (SSSR count). The van der Waals surface area contributed by atoms with Gasteiger partial charge in [0.15, 0.2) is 0 Å². The second-order valence-corrected chi connectivity index (χ2v) is 3.57. The van der Waals surface area contributed by atoms with Crippen LogP contribution < -0.4 is 10.6 Å². The van der Waals surface area contributed by atoms with E-state index in [-0.39, 0.29) is 5.91 Å². The molecule has 88 valence electrons. The molecule has 6 nitrogen and oxygen atoms in total. The molecular formula is C10H16N4O2. The number of amides is 3. The van der Waals surface area contributed by atoms with Crippen molar-refractivity contribution in [3.05, 3.63) is 17.7 Å². The van der Waals surface area contributed by atoms with Crippen LogP contribution in [0.4, 0.5) is 4.79 Å². The first kappa shape index (κ1) is 12.2. The molecule has 3 amide bonds. The lowest BCUT2D eigenvalue weighted by Gasteiger charge is -2.14. The number of imide groups is 1. The third-order valence-electron chi connectivity index (χ3n) is 2.55. The van der Waals surface area contributed by atoms with Gasteiger partial charge in [0, 0.05) is 12.7 Å². The Kier molecular flexibility index (Phi) is 3.65. The summed E-state index contributed by atoms with van der Waals surface area (Å²) in [5.74, 6) is -0.361. The van der Waals surface area contributed by atoms with Crippen molar-refractivity contribution in [1.29, 1.82) is 0 Å². The van der Waals surface area contributed by atoms with Gasteiger partial charge in [-0.2, -0.15) is 0 Å². The molecule has 16 heavy (non-hydrogen) atoms. The minimum atomic E-state index is -0.508. The minimum Gasteiger partial charge on any atom is -0.341 e. The second-order valence-electron chi connectivity index (χ2n) is 3.57. The lowest BCUT2D eigenvalue weighted by molar-refractivity contribution is -0.122. The average Bonchev–Trinajstić information content (AvgIpc) is 2.58. The van der Waals surface area contributed by atoms with Gasteiger partial charge in [-0.15, -0.1) is 0 Å². The number of nitrogens with zero attached hydrogens (tertiary/aromatic N) is 2. The number of hydrogen-bond acceptors (Lipinski definition) is 3. The van der Waals surface area contributed by atoms with Gasteiger partial charge in [0.05, 0.1) is 12.0 Å². The average molecular weight is 224 g/mol. The van der Waals surface area contributed by atoms with Crippen LogP contribution in [0.1, 0.15) is 24.4 Å². The number of carbonyl (C=O) groups excluding carboxylic acids is 2. The molecule has 0 bridgehead atoms. The summed E-state index contributed by atoms with van der Waals surface area (Å²) in [7, 11) is 1.46. The Bertz CT molecular complexity index is 411. The largest absolute Gasteiger partial charge is 0.341 e. The van der Waals surface area contributed by atoms with E-state index in [1.165, 1.54) is 7.05 Å². The van der Waals surface area contributed by atoms with Crippen molar-refractivity contribution in [3.8, 4) is 0 Å². The fraction of sp³-hybridized carbons (Fsp3) is 0.500. The number of urea groups is 1. The predicted octanol–water partition coefficient (Wildman–Crippen LogP) is 0.517. The lowest BCUT2D eigenvalue weighted by atomic mass is 10.3. The third kappa shape index (κ3) is 2.39. The molecule has 1 unspecified atom stereocenters. The molecule has 0 aliphatic heterocycles. The highest BCUT2D eigenvalue weighted by atomic mass is 16.2. The summed E-state index contributed by atoms with van der Waals surface area (Å²) in [4.78, 5) is 26.7. The van der Waals surface area contributed by atoms with Gasteiger partial charge in [0.1, 0.15) is 6.04 Å². The molecule has 0 aromatic carbocycles. The summed E-state index contributed by atoms with van der Waals surface area (Å²) in [6.45, 7) is 5.47. The fourth-order valence-electron chi connectivity index (χ4n) is 1.31. The van der Waals surface area contributed by atoms with E-state index in [0.29, 0.717) is 0 Å². The van der Waals surface area contributed by atoms with E-state index < -0.39 is 12.1 Å². The monoisotopic (exact) mass is 224 g/mol. The fourth-order valence-corrected chi connectivity index (χ4v) is 1.31. The van der Waals surface area contributed by atoms with Crippen LogP contribution in [0.2, 0.25) is 0 Å². The van der Waals surface area contributed by atoms with Crippen molar-refractivity contribution in [1.82, 2.24) is 20.2 Å². The third-order valence-corrected chi connectivity index (χ3v) is 2.55. The molecule has 0 fully saturated rings. The normalized spacial score (nSPS) is 12.0. The van der Waals surface area contributed by atoms with E-state index in [1.54, 1.807) is 17.8 Å². The van der Waals surface area contributed by atoms with Gasteiger partial charge in [-0.25, -0.2) is 9.78 Å². The zero-order chi connectivity index (χ0) is 12.3. The smallest absolute Gasteiger partial charge is 0.321 e. The van der Waals surface area contributed by atoms with Gasteiger partial charge in [-0.1, -0.05) is 0 Å². The van der Waals surface area contributed by atoms with Crippen molar-refractivity contribution in [3.63, 3.8) is 0 Å². The van der Waals surface area contributed by atoms with Crippen molar-refractivity contribution in [2.75, 3.05) is 7.05 Å². The van der Waals surface area contributed by atoms with E-state index in [4.69, 9.17) is 0 Å². The Labute approximate surface area is 94.0 Å². The van der Waals surface area contributed by atoms with Crippen molar-refractivity contribution in [2.24, 2.45) is 0 Å². The number of carbonyl (C=O) groups is 2. The minimum absolute atomic E-state index is 0.361. The molecule has 1 aromatic heterocycles. The molecule has 1 heterocycles. The quantitative estimate of drug-likeness (QED) is 0.768. The summed E-state index contributed by atoms with van der Waals surface area (Å²) < 4.78 is 1.73. The van der Waals surface area contributed by atoms with Gasteiger partial charge in [0.2, 0.25) is 0 Å². The Balaban J connectivity index is 2.78. The van der Waals surface area contributed by atoms with E-state index >= 15 is 0 Å². The van der Waals surface area contributed by atoms with Gasteiger partial charge in [-0.05, 0) is 20.8 Å². The van der Waals surface area contributed by atoms with E-state index in [1.807, 2.05) is 13.8 Å². The Hall–Kier alpha value is -1.85. The SMILES string of the molecule is CNC(=O)NC(=O)C(C)n1cnc(C)c1C. The highest BCUT2D eigenvalue weighted by Gasteiger charge is 2.18. The van der Waals surface area contributed by atoms with Crippen LogP contribution in [0.3, 0.4) is 0 Å². The molecule has 1 atom stereocenters. The summed E-state index contributed by atoms with van der Waals surface area (Å²) >= 11 is 0. The van der Waals surface area contributed by atoms with Gasteiger partial charge in [-0.3, -0.25) is 10.1 Å². The number of nitrogens with one attached hydrogen (secondary N) is 2. The molecule has 0 radical (unpaired) electrons. The topological polar surface area (TPSA) is 76.0 Å². The predicted molar refractivity (Wildman–Crippen MR) is 59.0 cm³/mol. The number of rotatable bonds is 2. The maximum atomic E-state index is 11.7. The molecule has 0 spiro atoms. The second kappa shape index (κ2) is 4.78. The number of aromatic nitrogens is 2. The number of imidazole rings is 1. The standard InChI is InChI=1S/C10H16N4O2/c1-6-7(2)14(5-12-6)8(3)9(15)13-10(16)11-4/h5,8H,1-4H3,(H2,11,13,15,16). The van der Waals surface area contributed by atoms with E-state index in [9.17, 15) is 9.59 Å². The molecule has 0 aliphatic rings. The van der Waals surface area contributed by atoms with Crippen LogP contribution in [0.25, 0.3) is 0 Å². The van der Waals surface area contributed by atoms with E-state index in [0.717, 1.165) is 11.4 Å². The molecule has 0 aliphatic carbocycles. The van der Waals surface area contributed by atoms with Crippen LogP contribution in [0, 0.1) is 13.8 Å². The highest BCUT2D eigenvalue weighted by Crippen LogP contribution is 2.12. The van der Waals surface area contributed by atoms with Crippen molar-refractivity contribution >= 4 is 11.9 Å². The zero-order valence-electron chi connectivity index (χ0n) is 9.87. The van der Waals surface area contributed by atoms with Crippen LogP contribution in [-0.2, 0) is 4.79 Å². The summed E-state index contributed by atoms with van der Waals surface area (Å²) in [6, 6.07) is -0.968. The first-order valence-corrected chi connectivity index (χ1v) is 5.00. The maximum Gasteiger partial charge on any atom is 0.321 e. The van der Waals surface area contributed by atoms with Gasteiger partial charge >= 0.3 is 6.03 Å². The Morgan fingerprint density at radius 3 is 2.50 bits per heavy atom.